The Kier molecular flexibility index (Phi) is 4.51. The Hall–Kier alpha value is -1.71. The normalized spacial score (nSPS) is 20.0. The fraction of sp³-hybridized carbons (Fsp3) is 0.278. The summed E-state index contributed by atoms with van der Waals surface area (Å²) in [4.78, 5) is 12.7. The molecule has 1 aliphatic carbocycles. The lowest BCUT2D eigenvalue weighted by atomic mass is 9.76. The Labute approximate surface area is 145 Å². The van der Waals surface area contributed by atoms with Crippen molar-refractivity contribution >= 4 is 29.3 Å². The molecule has 0 heterocycles. The fourth-order valence-corrected chi connectivity index (χ4v) is 3.68. The summed E-state index contributed by atoms with van der Waals surface area (Å²) in [6, 6.07) is 13.7. The Morgan fingerprint density at radius 2 is 1.78 bits per heavy atom. The molecule has 0 spiro atoms. The highest BCUT2D eigenvalue weighted by molar-refractivity contribution is 6.42. The van der Waals surface area contributed by atoms with Gasteiger partial charge in [0, 0.05) is 13.0 Å². The number of carboxylic acid groups (broad SMARTS) is 1. The van der Waals surface area contributed by atoms with E-state index in [1.807, 2.05) is 36.4 Å². The molecule has 5 heteroatoms. The highest BCUT2D eigenvalue weighted by atomic mass is 35.5. The van der Waals surface area contributed by atoms with Crippen LogP contribution in [-0.4, -0.2) is 23.1 Å². The molecule has 0 bridgehead atoms. The highest BCUT2D eigenvalue weighted by Crippen LogP contribution is 2.44. The topological polar surface area (TPSA) is 40.5 Å². The lowest BCUT2D eigenvalue weighted by Gasteiger charge is -2.35. The lowest BCUT2D eigenvalue weighted by molar-refractivity contribution is 0.132. The van der Waals surface area contributed by atoms with Gasteiger partial charge in [-0.15, -0.1) is 0 Å². The van der Waals surface area contributed by atoms with Crippen LogP contribution in [0.1, 0.15) is 41.5 Å². The SMILES string of the molecule is CN(C(=O)O)[C@H]1CC[C@@H](c2ccc(Cl)c(Cl)c2)c2ccccc21. The van der Waals surface area contributed by atoms with E-state index in [1.165, 1.54) is 4.90 Å². The van der Waals surface area contributed by atoms with Crippen LogP contribution in [0, 0.1) is 0 Å². The minimum absolute atomic E-state index is 0.109. The average Bonchev–Trinajstić information content (AvgIpc) is 2.55. The molecule has 1 amide bonds. The number of nitrogens with zero attached hydrogens (tertiary/aromatic N) is 1. The Balaban J connectivity index is 2.03. The van der Waals surface area contributed by atoms with Crippen LogP contribution in [-0.2, 0) is 0 Å². The van der Waals surface area contributed by atoms with Crippen molar-refractivity contribution in [1.29, 1.82) is 0 Å². The maximum Gasteiger partial charge on any atom is 0.407 e. The van der Waals surface area contributed by atoms with Gasteiger partial charge in [-0.05, 0) is 41.7 Å². The smallest absolute Gasteiger partial charge is 0.407 e. The number of amides is 1. The number of hydrogen-bond donors (Lipinski definition) is 1. The van der Waals surface area contributed by atoms with Gasteiger partial charge in [-0.1, -0.05) is 53.5 Å². The number of halogens is 2. The summed E-state index contributed by atoms with van der Waals surface area (Å²) >= 11 is 12.2. The monoisotopic (exact) mass is 349 g/mol. The molecule has 0 saturated carbocycles. The maximum atomic E-state index is 11.3. The van der Waals surface area contributed by atoms with E-state index in [9.17, 15) is 9.90 Å². The van der Waals surface area contributed by atoms with Crippen LogP contribution in [0.4, 0.5) is 4.79 Å². The molecule has 2 aromatic rings. The molecule has 0 fully saturated rings. The van der Waals surface area contributed by atoms with Crippen LogP contribution >= 0.6 is 23.2 Å². The van der Waals surface area contributed by atoms with E-state index in [1.54, 1.807) is 7.05 Å². The standard InChI is InChI=1S/C18H17Cl2NO2/c1-21(18(22)23)17-9-7-12(13-4-2-3-5-14(13)17)11-6-8-15(19)16(20)10-11/h2-6,8,10,12,17H,7,9H2,1H3,(H,22,23)/t12-,17-/m0/s1. The van der Waals surface area contributed by atoms with Gasteiger partial charge >= 0.3 is 6.09 Å². The van der Waals surface area contributed by atoms with Crippen molar-refractivity contribution in [1.82, 2.24) is 4.90 Å². The van der Waals surface area contributed by atoms with E-state index in [-0.39, 0.29) is 12.0 Å². The summed E-state index contributed by atoms with van der Waals surface area (Å²) in [5.41, 5.74) is 3.35. The van der Waals surface area contributed by atoms with E-state index >= 15 is 0 Å². The van der Waals surface area contributed by atoms with Crippen LogP contribution in [0.25, 0.3) is 0 Å². The van der Waals surface area contributed by atoms with E-state index in [4.69, 9.17) is 23.2 Å². The van der Waals surface area contributed by atoms with Crippen molar-refractivity contribution in [2.75, 3.05) is 7.05 Å². The Morgan fingerprint density at radius 3 is 2.43 bits per heavy atom. The molecular weight excluding hydrogens is 333 g/mol. The van der Waals surface area contributed by atoms with Gasteiger partial charge in [0.05, 0.1) is 16.1 Å². The summed E-state index contributed by atoms with van der Waals surface area (Å²) in [6.07, 6.45) is 0.750. The van der Waals surface area contributed by atoms with E-state index in [0.29, 0.717) is 10.0 Å². The first-order valence-electron chi connectivity index (χ1n) is 7.48. The van der Waals surface area contributed by atoms with Gasteiger partial charge in [-0.3, -0.25) is 0 Å². The van der Waals surface area contributed by atoms with Crippen LogP contribution in [0.15, 0.2) is 42.5 Å². The summed E-state index contributed by atoms with van der Waals surface area (Å²) in [5.74, 6) is 0.208. The zero-order valence-electron chi connectivity index (χ0n) is 12.7. The number of fused-ring (bicyclic) bond motifs is 1. The van der Waals surface area contributed by atoms with Gasteiger partial charge in [0.25, 0.3) is 0 Å². The van der Waals surface area contributed by atoms with Crippen molar-refractivity contribution in [3.05, 3.63) is 69.2 Å². The molecule has 2 atom stereocenters. The second-order valence-electron chi connectivity index (χ2n) is 5.84. The molecule has 0 aromatic heterocycles. The van der Waals surface area contributed by atoms with Crippen LogP contribution in [0.5, 0.6) is 0 Å². The minimum Gasteiger partial charge on any atom is -0.465 e. The second kappa shape index (κ2) is 6.42. The van der Waals surface area contributed by atoms with Gasteiger partial charge in [0.2, 0.25) is 0 Å². The predicted molar refractivity (Wildman–Crippen MR) is 92.5 cm³/mol. The van der Waals surface area contributed by atoms with E-state index < -0.39 is 6.09 Å². The third-order valence-electron chi connectivity index (χ3n) is 4.57. The van der Waals surface area contributed by atoms with Crippen LogP contribution in [0.3, 0.4) is 0 Å². The summed E-state index contributed by atoms with van der Waals surface area (Å²) in [6.45, 7) is 0. The van der Waals surface area contributed by atoms with Gasteiger partial charge in [-0.2, -0.15) is 0 Å². The number of hydrogen-bond acceptors (Lipinski definition) is 1. The number of rotatable bonds is 2. The summed E-state index contributed by atoms with van der Waals surface area (Å²) in [7, 11) is 1.63. The van der Waals surface area contributed by atoms with Crippen molar-refractivity contribution in [2.45, 2.75) is 24.8 Å². The van der Waals surface area contributed by atoms with Crippen LogP contribution in [0.2, 0.25) is 10.0 Å². The summed E-state index contributed by atoms with van der Waals surface area (Å²) in [5, 5.41) is 10.4. The van der Waals surface area contributed by atoms with Gasteiger partial charge < -0.3 is 10.0 Å². The first-order chi connectivity index (χ1) is 11.0. The molecule has 0 unspecified atom stereocenters. The molecule has 2 aromatic carbocycles. The molecule has 23 heavy (non-hydrogen) atoms. The van der Waals surface area contributed by atoms with Gasteiger partial charge in [-0.25, -0.2) is 4.79 Å². The van der Waals surface area contributed by atoms with Gasteiger partial charge in [0.15, 0.2) is 0 Å². The molecule has 3 rings (SSSR count). The molecular formula is C18H17Cl2NO2. The van der Waals surface area contributed by atoms with E-state index in [2.05, 4.69) is 6.07 Å². The van der Waals surface area contributed by atoms with Gasteiger partial charge in [0.1, 0.15) is 0 Å². The second-order valence-corrected chi connectivity index (χ2v) is 6.66. The fourth-order valence-electron chi connectivity index (χ4n) is 3.38. The Bertz CT molecular complexity index is 748. The Morgan fingerprint density at radius 1 is 1.09 bits per heavy atom. The minimum atomic E-state index is -0.905. The first kappa shape index (κ1) is 16.2. The molecule has 0 radical (unpaired) electrons. The van der Waals surface area contributed by atoms with E-state index in [0.717, 1.165) is 29.5 Å². The highest BCUT2D eigenvalue weighted by Gasteiger charge is 2.32. The zero-order valence-corrected chi connectivity index (χ0v) is 14.2. The number of benzene rings is 2. The van der Waals surface area contributed by atoms with Crippen molar-refractivity contribution in [3.8, 4) is 0 Å². The maximum absolute atomic E-state index is 11.3. The first-order valence-corrected chi connectivity index (χ1v) is 8.24. The molecule has 0 saturated heterocycles. The zero-order chi connectivity index (χ0) is 16.6. The number of carbonyl (C=O) groups is 1. The predicted octanol–water partition coefficient (Wildman–Crippen LogP) is 5.57. The molecule has 1 aliphatic rings. The molecule has 0 aliphatic heterocycles. The summed E-state index contributed by atoms with van der Waals surface area (Å²) < 4.78 is 0. The quantitative estimate of drug-likeness (QED) is 0.769. The average molecular weight is 350 g/mol. The van der Waals surface area contributed by atoms with Crippen molar-refractivity contribution in [3.63, 3.8) is 0 Å². The third-order valence-corrected chi connectivity index (χ3v) is 5.31. The molecule has 3 nitrogen and oxygen atoms in total. The third kappa shape index (κ3) is 3.04. The van der Waals surface area contributed by atoms with Crippen molar-refractivity contribution in [2.24, 2.45) is 0 Å². The molecule has 120 valence electrons. The lowest BCUT2D eigenvalue weighted by Crippen LogP contribution is -2.33. The largest absolute Gasteiger partial charge is 0.465 e. The van der Waals surface area contributed by atoms with Crippen LogP contribution < -0.4 is 0 Å². The molecule has 1 N–H and O–H groups in total. The van der Waals surface area contributed by atoms with Crippen molar-refractivity contribution < 1.29 is 9.90 Å².